The molecule has 12 heteroatoms. The van der Waals surface area contributed by atoms with E-state index in [2.05, 4.69) is 20.1 Å². The number of benzene rings is 1. The highest BCUT2D eigenvalue weighted by molar-refractivity contribution is 5.80. The molecule has 0 amide bonds. The standard InChI is InChI=1S/C26H21F3N6O3/c1-37-24-19(12-31-25(32-24)38-2)20-11-18(23-30-7-8-35(23)33-20)17-10-16(17)15-4-3-14-5-6-22(36)34(21(14)9-15)13-26(27,28)29/h3-9,11-12,16-17H,10,13H2,1-2H3/t16-,17?/m1/s1. The number of halogens is 3. The van der Waals surface area contributed by atoms with Crippen LogP contribution in [0.15, 0.2) is 59.8 Å². The minimum atomic E-state index is -4.51. The Kier molecular flexibility index (Phi) is 5.55. The van der Waals surface area contributed by atoms with Crippen molar-refractivity contribution in [2.24, 2.45) is 0 Å². The first-order valence-corrected chi connectivity index (χ1v) is 11.8. The Morgan fingerprint density at radius 3 is 2.63 bits per heavy atom. The highest BCUT2D eigenvalue weighted by Crippen LogP contribution is 2.56. The molecule has 2 atom stereocenters. The van der Waals surface area contributed by atoms with Gasteiger partial charge in [0, 0.05) is 30.2 Å². The highest BCUT2D eigenvalue weighted by Gasteiger charge is 2.42. The quantitative estimate of drug-likeness (QED) is 0.327. The Labute approximate surface area is 213 Å². The first kappa shape index (κ1) is 23.9. The van der Waals surface area contributed by atoms with Crippen molar-refractivity contribution in [3.8, 4) is 23.1 Å². The smallest absolute Gasteiger partial charge is 0.406 e. The summed E-state index contributed by atoms with van der Waals surface area (Å²) in [4.78, 5) is 25.2. The Morgan fingerprint density at radius 2 is 1.87 bits per heavy atom. The monoisotopic (exact) mass is 522 g/mol. The molecule has 1 aromatic carbocycles. The van der Waals surface area contributed by atoms with E-state index in [4.69, 9.17) is 9.47 Å². The molecule has 4 heterocycles. The molecule has 5 aromatic rings. The van der Waals surface area contributed by atoms with E-state index in [-0.39, 0.29) is 23.4 Å². The summed E-state index contributed by atoms with van der Waals surface area (Å²) in [5, 5.41) is 5.22. The molecule has 194 valence electrons. The van der Waals surface area contributed by atoms with Crippen LogP contribution in [-0.2, 0) is 6.54 Å². The van der Waals surface area contributed by atoms with Gasteiger partial charge in [0.05, 0.1) is 31.0 Å². The van der Waals surface area contributed by atoms with Crippen LogP contribution in [0.2, 0.25) is 0 Å². The molecule has 0 radical (unpaired) electrons. The second-order valence-corrected chi connectivity index (χ2v) is 9.10. The average molecular weight is 522 g/mol. The predicted octanol–water partition coefficient (Wildman–Crippen LogP) is 4.35. The number of hydrogen-bond acceptors (Lipinski definition) is 7. The molecule has 1 aliphatic carbocycles. The summed E-state index contributed by atoms with van der Waals surface area (Å²) in [7, 11) is 2.96. The number of hydrogen-bond donors (Lipinski definition) is 0. The van der Waals surface area contributed by atoms with Crippen molar-refractivity contribution in [3.05, 3.63) is 76.5 Å². The van der Waals surface area contributed by atoms with Gasteiger partial charge in [-0.3, -0.25) is 9.36 Å². The molecule has 0 bridgehead atoms. The fourth-order valence-corrected chi connectivity index (χ4v) is 4.91. The maximum absolute atomic E-state index is 13.2. The van der Waals surface area contributed by atoms with Gasteiger partial charge in [-0.1, -0.05) is 12.1 Å². The number of ether oxygens (including phenoxy) is 2. The maximum atomic E-state index is 13.2. The van der Waals surface area contributed by atoms with E-state index in [1.54, 1.807) is 41.3 Å². The normalized spacial score (nSPS) is 17.2. The summed E-state index contributed by atoms with van der Waals surface area (Å²) in [6.07, 6.45) is 1.22. The van der Waals surface area contributed by atoms with Crippen LogP contribution in [0.25, 0.3) is 27.8 Å². The van der Waals surface area contributed by atoms with Crippen LogP contribution in [0.5, 0.6) is 11.9 Å². The summed E-state index contributed by atoms with van der Waals surface area (Å²) >= 11 is 0. The summed E-state index contributed by atoms with van der Waals surface area (Å²) in [5.41, 5.74) is 3.20. The van der Waals surface area contributed by atoms with Gasteiger partial charge in [0.25, 0.3) is 5.56 Å². The molecule has 1 fully saturated rings. The molecule has 9 nitrogen and oxygen atoms in total. The van der Waals surface area contributed by atoms with Gasteiger partial charge in [0.2, 0.25) is 5.88 Å². The molecule has 1 aliphatic rings. The highest BCUT2D eigenvalue weighted by atomic mass is 19.4. The Bertz CT molecular complexity index is 1750. The van der Waals surface area contributed by atoms with E-state index < -0.39 is 18.3 Å². The van der Waals surface area contributed by atoms with E-state index in [9.17, 15) is 18.0 Å². The third-order valence-electron chi connectivity index (χ3n) is 6.74. The molecule has 0 N–H and O–H groups in total. The van der Waals surface area contributed by atoms with Crippen LogP contribution in [0.3, 0.4) is 0 Å². The lowest BCUT2D eigenvalue weighted by Crippen LogP contribution is -2.27. The van der Waals surface area contributed by atoms with Crippen molar-refractivity contribution in [1.82, 2.24) is 29.1 Å². The SMILES string of the molecule is COc1ncc(-c2cc(C3C[C@@H]3c3ccc4ccc(=O)n(CC(F)(F)F)c4c3)c3nccn3n2)c(OC)n1. The number of imidazole rings is 1. The number of nitrogens with zero attached hydrogens (tertiary/aromatic N) is 6. The van der Waals surface area contributed by atoms with Gasteiger partial charge in [-0.05, 0) is 47.4 Å². The van der Waals surface area contributed by atoms with Crippen LogP contribution in [0.4, 0.5) is 13.2 Å². The second kappa shape index (κ2) is 8.82. The Hall–Kier alpha value is -4.48. The lowest BCUT2D eigenvalue weighted by Gasteiger charge is -2.14. The number of methoxy groups -OCH3 is 2. The summed E-state index contributed by atoms with van der Waals surface area (Å²) in [6, 6.07) is 10.1. The van der Waals surface area contributed by atoms with Gasteiger partial charge in [-0.2, -0.15) is 23.3 Å². The molecule has 0 saturated heterocycles. The van der Waals surface area contributed by atoms with Crippen molar-refractivity contribution in [2.45, 2.75) is 31.0 Å². The number of fused-ring (bicyclic) bond motifs is 2. The number of aromatic nitrogens is 6. The van der Waals surface area contributed by atoms with Crippen LogP contribution in [0, 0.1) is 0 Å². The predicted molar refractivity (Wildman–Crippen MR) is 131 cm³/mol. The molecular weight excluding hydrogens is 501 g/mol. The van der Waals surface area contributed by atoms with E-state index >= 15 is 0 Å². The Morgan fingerprint density at radius 1 is 1.05 bits per heavy atom. The van der Waals surface area contributed by atoms with Gasteiger partial charge >= 0.3 is 12.2 Å². The third-order valence-corrected chi connectivity index (χ3v) is 6.74. The summed E-state index contributed by atoms with van der Waals surface area (Å²) < 4.78 is 52.6. The largest absolute Gasteiger partial charge is 0.480 e. The first-order chi connectivity index (χ1) is 18.3. The molecule has 0 spiro atoms. The second-order valence-electron chi connectivity index (χ2n) is 9.10. The van der Waals surface area contributed by atoms with Gasteiger partial charge in [-0.15, -0.1) is 0 Å². The number of rotatable bonds is 6. The zero-order chi connectivity index (χ0) is 26.6. The van der Waals surface area contributed by atoms with Gasteiger partial charge in [0.1, 0.15) is 6.54 Å². The molecule has 6 rings (SSSR count). The van der Waals surface area contributed by atoms with Crippen molar-refractivity contribution < 1.29 is 22.6 Å². The maximum Gasteiger partial charge on any atom is 0.406 e. The number of pyridine rings is 1. The Balaban J connectivity index is 1.40. The van der Waals surface area contributed by atoms with Crippen LogP contribution in [0.1, 0.15) is 29.4 Å². The summed E-state index contributed by atoms with van der Waals surface area (Å²) in [5.74, 6) is 0.397. The zero-order valence-electron chi connectivity index (χ0n) is 20.3. The average Bonchev–Trinajstić information content (AvgIpc) is 3.56. The van der Waals surface area contributed by atoms with E-state index in [0.29, 0.717) is 28.2 Å². The van der Waals surface area contributed by atoms with Gasteiger partial charge < -0.3 is 9.47 Å². The minimum absolute atomic E-state index is 0.0406. The zero-order valence-corrected chi connectivity index (χ0v) is 20.3. The molecule has 38 heavy (non-hydrogen) atoms. The fourth-order valence-electron chi connectivity index (χ4n) is 4.91. The minimum Gasteiger partial charge on any atom is -0.480 e. The lowest BCUT2D eigenvalue weighted by atomic mass is 10.0. The van der Waals surface area contributed by atoms with Gasteiger partial charge in [-0.25, -0.2) is 14.5 Å². The van der Waals surface area contributed by atoms with Crippen molar-refractivity contribution in [1.29, 1.82) is 0 Å². The van der Waals surface area contributed by atoms with Crippen LogP contribution >= 0.6 is 0 Å². The number of alkyl halides is 3. The fraction of sp³-hybridized carbons (Fsp3) is 0.269. The topological polar surface area (TPSA) is 96.4 Å². The third kappa shape index (κ3) is 4.21. The van der Waals surface area contributed by atoms with Gasteiger partial charge in [0.15, 0.2) is 5.65 Å². The van der Waals surface area contributed by atoms with Crippen molar-refractivity contribution in [3.63, 3.8) is 0 Å². The van der Waals surface area contributed by atoms with E-state index in [0.717, 1.165) is 22.1 Å². The van der Waals surface area contributed by atoms with E-state index in [1.165, 1.54) is 20.3 Å². The molecule has 1 unspecified atom stereocenters. The van der Waals surface area contributed by atoms with E-state index in [1.807, 2.05) is 12.1 Å². The summed E-state index contributed by atoms with van der Waals surface area (Å²) in [6.45, 7) is -1.34. The van der Waals surface area contributed by atoms with Crippen molar-refractivity contribution in [2.75, 3.05) is 14.2 Å². The van der Waals surface area contributed by atoms with Crippen molar-refractivity contribution >= 4 is 16.6 Å². The van der Waals surface area contributed by atoms with Crippen LogP contribution < -0.4 is 15.0 Å². The molecular formula is C26H21F3N6O3. The molecule has 4 aromatic heterocycles. The molecule has 1 saturated carbocycles. The van der Waals surface area contributed by atoms with Crippen LogP contribution in [-0.4, -0.2) is 49.5 Å². The molecule has 0 aliphatic heterocycles. The first-order valence-electron chi connectivity index (χ1n) is 11.8. The lowest BCUT2D eigenvalue weighted by molar-refractivity contribution is -0.140.